The van der Waals surface area contributed by atoms with E-state index in [0.29, 0.717) is 27.2 Å². The summed E-state index contributed by atoms with van der Waals surface area (Å²) in [6.45, 7) is 0.610. The molecule has 7 heteroatoms. The van der Waals surface area contributed by atoms with Gasteiger partial charge in [-0.15, -0.1) is 0 Å². The largest absolute Gasteiger partial charge is 0.336 e. The summed E-state index contributed by atoms with van der Waals surface area (Å²) in [5.74, 6) is 0. The summed E-state index contributed by atoms with van der Waals surface area (Å²) < 4.78 is 1.94. The molecule has 2 aromatic carbocycles. The molecule has 0 aliphatic rings. The highest BCUT2D eigenvalue weighted by Crippen LogP contribution is 2.35. The van der Waals surface area contributed by atoms with Gasteiger partial charge in [0.1, 0.15) is 0 Å². The van der Waals surface area contributed by atoms with Crippen LogP contribution in [-0.2, 0) is 6.54 Å². The number of thioether (sulfide) groups is 1. The van der Waals surface area contributed by atoms with Crippen molar-refractivity contribution in [3.05, 3.63) is 87.4 Å². The third-order valence-corrected chi connectivity index (χ3v) is 5.73. The van der Waals surface area contributed by atoms with Gasteiger partial charge in [0, 0.05) is 29.5 Å². The topological polar surface area (TPSA) is 34.9 Å². The highest BCUT2D eigenvalue weighted by molar-refractivity contribution is 8.14. The summed E-state index contributed by atoms with van der Waals surface area (Å²) in [6, 6.07) is 12.4. The monoisotopic (exact) mass is 410 g/mol. The van der Waals surface area contributed by atoms with Crippen molar-refractivity contribution in [1.82, 2.24) is 9.55 Å². The molecule has 0 saturated carbocycles. The van der Waals surface area contributed by atoms with Crippen LogP contribution in [0.2, 0.25) is 15.1 Å². The molecule has 1 heterocycles. The Bertz CT molecular complexity index is 867. The van der Waals surface area contributed by atoms with Crippen LogP contribution in [-0.4, -0.2) is 14.7 Å². The van der Waals surface area contributed by atoms with Gasteiger partial charge in [-0.1, -0.05) is 58.7 Å². The lowest BCUT2D eigenvalue weighted by atomic mass is 10.1. The van der Waals surface area contributed by atoms with Crippen molar-refractivity contribution in [3.63, 3.8) is 0 Å². The smallest absolute Gasteiger partial charge is 0.220 e. The van der Waals surface area contributed by atoms with Gasteiger partial charge in [-0.25, -0.2) is 4.98 Å². The van der Waals surface area contributed by atoms with Crippen molar-refractivity contribution < 1.29 is 4.79 Å². The van der Waals surface area contributed by atoms with E-state index in [1.165, 1.54) is 11.8 Å². The first-order chi connectivity index (χ1) is 12.0. The molecule has 1 aromatic heterocycles. The molecule has 0 radical (unpaired) electrons. The maximum absolute atomic E-state index is 12.7. The minimum Gasteiger partial charge on any atom is -0.336 e. The molecule has 0 aliphatic heterocycles. The Hall–Kier alpha value is -1.46. The number of aromatic nitrogens is 2. The number of carbonyl (C=O) groups excluding carboxylic acids is 1. The van der Waals surface area contributed by atoms with Crippen LogP contribution in [0.15, 0.2) is 61.2 Å². The molecule has 3 rings (SSSR count). The van der Waals surface area contributed by atoms with Crippen molar-refractivity contribution in [2.45, 2.75) is 11.8 Å². The number of hydrogen-bond acceptors (Lipinski definition) is 3. The van der Waals surface area contributed by atoms with Gasteiger partial charge in [0.05, 0.1) is 21.6 Å². The highest BCUT2D eigenvalue weighted by Gasteiger charge is 2.19. The predicted molar refractivity (Wildman–Crippen MR) is 105 cm³/mol. The molecular formula is C18H13Cl3N2OS. The summed E-state index contributed by atoms with van der Waals surface area (Å²) in [4.78, 5) is 16.8. The van der Waals surface area contributed by atoms with E-state index in [9.17, 15) is 4.79 Å². The maximum Gasteiger partial charge on any atom is 0.220 e. The molecule has 0 aliphatic carbocycles. The van der Waals surface area contributed by atoms with E-state index in [0.717, 1.165) is 5.56 Å². The second kappa shape index (κ2) is 8.28. The zero-order valence-electron chi connectivity index (χ0n) is 12.9. The van der Waals surface area contributed by atoms with E-state index in [1.54, 1.807) is 30.7 Å². The second-order valence-corrected chi connectivity index (χ2v) is 7.76. The molecule has 128 valence electrons. The van der Waals surface area contributed by atoms with Gasteiger partial charge in [0.15, 0.2) is 0 Å². The summed E-state index contributed by atoms with van der Waals surface area (Å²) >= 11 is 19.2. The van der Waals surface area contributed by atoms with Crippen molar-refractivity contribution in [2.24, 2.45) is 0 Å². The molecule has 1 atom stereocenters. The number of carbonyl (C=O) groups is 1. The highest BCUT2D eigenvalue weighted by atomic mass is 35.5. The van der Waals surface area contributed by atoms with Gasteiger partial charge < -0.3 is 4.57 Å². The fourth-order valence-corrected chi connectivity index (χ4v) is 3.78. The van der Waals surface area contributed by atoms with E-state index in [1.807, 2.05) is 35.0 Å². The van der Waals surface area contributed by atoms with E-state index < -0.39 is 0 Å². The quantitative estimate of drug-likeness (QED) is 0.504. The van der Waals surface area contributed by atoms with Gasteiger partial charge in [-0.05, 0) is 35.9 Å². The summed E-state index contributed by atoms with van der Waals surface area (Å²) in [5, 5.41) is 1.29. The van der Waals surface area contributed by atoms with Crippen LogP contribution in [0.3, 0.4) is 0 Å². The van der Waals surface area contributed by atoms with Crippen LogP contribution in [0.1, 0.15) is 21.2 Å². The van der Waals surface area contributed by atoms with Crippen molar-refractivity contribution >= 4 is 51.7 Å². The molecule has 0 fully saturated rings. The minimum absolute atomic E-state index is 0.0707. The Labute approximate surface area is 164 Å². The fourth-order valence-electron chi connectivity index (χ4n) is 2.29. The molecular weight excluding hydrogens is 399 g/mol. The van der Waals surface area contributed by atoms with Crippen LogP contribution in [0.5, 0.6) is 0 Å². The Morgan fingerprint density at radius 2 is 1.84 bits per heavy atom. The van der Waals surface area contributed by atoms with E-state index >= 15 is 0 Å². The Balaban J connectivity index is 1.84. The van der Waals surface area contributed by atoms with Gasteiger partial charge >= 0.3 is 0 Å². The number of imidazole rings is 1. The summed E-state index contributed by atoms with van der Waals surface area (Å²) in [5.41, 5.74) is 1.53. The lowest BCUT2D eigenvalue weighted by Gasteiger charge is -2.17. The number of halogens is 3. The SMILES string of the molecule is O=C(SC(Cn1ccnc1)c1ccc(Cl)cc1)c1ccc(Cl)c(Cl)c1. The first-order valence-electron chi connectivity index (χ1n) is 7.40. The van der Waals surface area contributed by atoms with Gasteiger partial charge in [-0.2, -0.15) is 0 Å². The lowest BCUT2D eigenvalue weighted by Crippen LogP contribution is -2.08. The fraction of sp³-hybridized carbons (Fsp3) is 0.111. The Morgan fingerprint density at radius 1 is 1.08 bits per heavy atom. The normalized spacial score (nSPS) is 12.1. The van der Waals surface area contributed by atoms with Crippen LogP contribution < -0.4 is 0 Å². The molecule has 25 heavy (non-hydrogen) atoms. The number of benzene rings is 2. The number of hydrogen-bond donors (Lipinski definition) is 0. The average molecular weight is 412 g/mol. The Kier molecular flexibility index (Phi) is 6.07. The van der Waals surface area contributed by atoms with Crippen molar-refractivity contribution in [2.75, 3.05) is 0 Å². The van der Waals surface area contributed by atoms with Crippen molar-refractivity contribution in [1.29, 1.82) is 0 Å². The maximum atomic E-state index is 12.7. The van der Waals surface area contributed by atoms with Gasteiger partial charge in [0.2, 0.25) is 5.12 Å². The lowest BCUT2D eigenvalue weighted by molar-refractivity contribution is 0.108. The first-order valence-corrected chi connectivity index (χ1v) is 9.41. The molecule has 3 aromatic rings. The van der Waals surface area contributed by atoms with Crippen LogP contribution in [0.4, 0.5) is 0 Å². The van der Waals surface area contributed by atoms with E-state index in [-0.39, 0.29) is 10.4 Å². The minimum atomic E-state index is -0.0894. The first kappa shape index (κ1) is 18.3. The third kappa shape index (κ3) is 4.79. The average Bonchev–Trinajstić information content (AvgIpc) is 3.10. The summed E-state index contributed by atoms with van der Waals surface area (Å²) in [7, 11) is 0. The van der Waals surface area contributed by atoms with Gasteiger partial charge in [-0.3, -0.25) is 4.79 Å². The third-order valence-electron chi connectivity index (χ3n) is 3.58. The molecule has 0 spiro atoms. The molecule has 0 bridgehead atoms. The molecule has 3 nitrogen and oxygen atoms in total. The summed E-state index contributed by atoms with van der Waals surface area (Å²) in [6.07, 6.45) is 5.31. The predicted octanol–water partition coefficient (Wildman–Crippen LogP) is 6.16. The van der Waals surface area contributed by atoms with E-state index in [4.69, 9.17) is 34.8 Å². The van der Waals surface area contributed by atoms with Crippen molar-refractivity contribution in [3.8, 4) is 0 Å². The standard InChI is InChI=1S/C18H13Cl3N2OS/c19-14-4-1-12(2-5-14)17(10-23-8-7-22-11-23)25-18(24)13-3-6-15(20)16(21)9-13/h1-9,11,17H,10H2. The number of nitrogens with zero attached hydrogens (tertiary/aromatic N) is 2. The molecule has 0 saturated heterocycles. The van der Waals surface area contributed by atoms with Crippen LogP contribution in [0.25, 0.3) is 0 Å². The molecule has 1 unspecified atom stereocenters. The second-order valence-electron chi connectivity index (χ2n) is 5.33. The molecule has 0 N–H and O–H groups in total. The van der Waals surface area contributed by atoms with Crippen LogP contribution in [0, 0.1) is 0 Å². The number of rotatable bonds is 5. The molecule has 0 amide bonds. The zero-order valence-corrected chi connectivity index (χ0v) is 16.0. The zero-order chi connectivity index (χ0) is 17.8. The van der Waals surface area contributed by atoms with Gasteiger partial charge in [0.25, 0.3) is 0 Å². The Morgan fingerprint density at radius 3 is 2.48 bits per heavy atom. The van der Waals surface area contributed by atoms with E-state index in [2.05, 4.69) is 4.98 Å². The van der Waals surface area contributed by atoms with Crippen LogP contribution >= 0.6 is 46.6 Å².